The highest BCUT2D eigenvalue weighted by Crippen LogP contribution is 2.25. The molecule has 146 valence electrons. The molecule has 2 aromatic carbocycles. The largest absolute Gasteiger partial charge is 0.493 e. The standard InChI is InChI=1S/C20H23N5O3/c1-27-18-8-4-5-9-19(18)28-11-10-22-20(26)23-12-16-6-2-3-7-17(16)13-25-15-21-14-24-25/h2-9,14-15H,10-13H2,1H3,(H2,22,23,26). The molecule has 1 heterocycles. The van der Waals surface area contributed by atoms with Crippen LogP contribution in [-0.4, -0.2) is 41.1 Å². The maximum absolute atomic E-state index is 12.0. The van der Waals surface area contributed by atoms with Gasteiger partial charge in [-0.15, -0.1) is 0 Å². The number of hydrogen-bond donors (Lipinski definition) is 2. The summed E-state index contributed by atoms with van der Waals surface area (Å²) in [7, 11) is 1.59. The SMILES string of the molecule is COc1ccccc1OCCNC(=O)NCc1ccccc1Cn1cncn1. The second-order valence-corrected chi connectivity index (χ2v) is 5.97. The van der Waals surface area contributed by atoms with Gasteiger partial charge in [0.2, 0.25) is 0 Å². The summed E-state index contributed by atoms with van der Waals surface area (Å²) in [5, 5.41) is 9.76. The molecule has 2 N–H and O–H groups in total. The zero-order chi connectivity index (χ0) is 19.6. The number of methoxy groups -OCH3 is 1. The maximum atomic E-state index is 12.0. The van der Waals surface area contributed by atoms with Gasteiger partial charge in [-0.25, -0.2) is 14.5 Å². The lowest BCUT2D eigenvalue weighted by Crippen LogP contribution is -2.37. The Kier molecular flexibility index (Phi) is 6.84. The van der Waals surface area contributed by atoms with Crippen LogP contribution in [0.15, 0.2) is 61.2 Å². The summed E-state index contributed by atoms with van der Waals surface area (Å²) in [6, 6.07) is 15.0. The summed E-state index contributed by atoms with van der Waals surface area (Å²) < 4.78 is 12.6. The molecular formula is C20H23N5O3. The van der Waals surface area contributed by atoms with Gasteiger partial charge < -0.3 is 20.1 Å². The Balaban J connectivity index is 1.42. The molecule has 0 radical (unpaired) electrons. The van der Waals surface area contributed by atoms with Gasteiger partial charge in [-0.3, -0.25) is 0 Å². The number of para-hydroxylation sites is 2. The van der Waals surface area contributed by atoms with E-state index in [0.717, 1.165) is 11.1 Å². The number of carbonyl (C=O) groups excluding carboxylic acids is 1. The second-order valence-electron chi connectivity index (χ2n) is 5.97. The van der Waals surface area contributed by atoms with Crippen molar-refractivity contribution in [3.8, 4) is 11.5 Å². The lowest BCUT2D eigenvalue weighted by Gasteiger charge is -2.13. The summed E-state index contributed by atoms with van der Waals surface area (Å²) >= 11 is 0. The van der Waals surface area contributed by atoms with E-state index in [1.54, 1.807) is 18.1 Å². The first kappa shape index (κ1) is 19.2. The van der Waals surface area contributed by atoms with Crippen molar-refractivity contribution in [2.24, 2.45) is 0 Å². The van der Waals surface area contributed by atoms with Gasteiger partial charge in [-0.2, -0.15) is 5.10 Å². The number of amides is 2. The van der Waals surface area contributed by atoms with Gasteiger partial charge in [0.25, 0.3) is 0 Å². The predicted molar refractivity (Wildman–Crippen MR) is 104 cm³/mol. The minimum atomic E-state index is -0.251. The molecule has 8 nitrogen and oxygen atoms in total. The monoisotopic (exact) mass is 381 g/mol. The van der Waals surface area contributed by atoms with E-state index in [2.05, 4.69) is 20.7 Å². The van der Waals surface area contributed by atoms with E-state index in [0.29, 0.717) is 37.7 Å². The third-order valence-corrected chi connectivity index (χ3v) is 4.07. The number of ether oxygens (including phenoxy) is 2. The molecule has 3 aromatic rings. The molecule has 0 unspecified atom stereocenters. The van der Waals surface area contributed by atoms with Crippen LogP contribution in [-0.2, 0) is 13.1 Å². The van der Waals surface area contributed by atoms with E-state index in [1.807, 2.05) is 48.5 Å². The van der Waals surface area contributed by atoms with Crippen LogP contribution in [0.1, 0.15) is 11.1 Å². The Bertz CT molecular complexity index is 883. The molecule has 0 spiro atoms. The van der Waals surface area contributed by atoms with E-state index in [1.165, 1.54) is 6.33 Å². The van der Waals surface area contributed by atoms with Crippen molar-refractivity contribution in [3.63, 3.8) is 0 Å². The minimum Gasteiger partial charge on any atom is -0.493 e. The molecule has 28 heavy (non-hydrogen) atoms. The Morgan fingerprint density at radius 2 is 1.79 bits per heavy atom. The van der Waals surface area contributed by atoms with Crippen LogP contribution in [0.3, 0.4) is 0 Å². The highest BCUT2D eigenvalue weighted by atomic mass is 16.5. The van der Waals surface area contributed by atoms with Crippen LogP contribution in [0.25, 0.3) is 0 Å². The average Bonchev–Trinajstić information content (AvgIpc) is 3.24. The summed E-state index contributed by atoms with van der Waals surface area (Å²) in [5.41, 5.74) is 2.10. The van der Waals surface area contributed by atoms with Crippen LogP contribution in [0, 0.1) is 0 Å². The number of carbonyl (C=O) groups is 1. The van der Waals surface area contributed by atoms with Crippen molar-refractivity contribution in [1.82, 2.24) is 25.4 Å². The highest BCUT2D eigenvalue weighted by Gasteiger charge is 2.06. The van der Waals surface area contributed by atoms with Crippen molar-refractivity contribution in [1.29, 1.82) is 0 Å². The van der Waals surface area contributed by atoms with Crippen molar-refractivity contribution in [3.05, 3.63) is 72.3 Å². The molecule has 0 atom stereocenters. The Morgan fingerprint density at radius 1 is 1.04 bits per heavy atom. The first-order valence-electron chi connectivity index (χ1n) is 8.93. The molecule has 0 bridgehead atoms. The molecular weight excluding hydrogens is 358 g/mol. The zero-order valence-electron chi connectivity index (χ0n) is 15.7. The quantitative estimate of drug-likeness (QED) is 0.555. The molecule has 0 fully saturated rings. The Labute approximate surface area is 163 Å². The first-order valence-corrected chi connectivity index (χ1v) is 8.93. The third-order valence-electron chi connectivity index (χ3n) is 4.07. The number of rotatable bonds is 9. The number of nitrogens with one attached hydrogen (secondary N) is 2. The average molecular weight is 381 g/mol. The Morgan fingerprint density at radius 3 is 2.54 bits per heavy atom. The Hall–Kier alpha value is -3.55. The number of urea groups is 1. The summed E-state index contributed by atoms with van der Waals surface area (Å²) in [5.74, 6) is 1.31. The summed E-state index contributed by atoms with van der Waals surface area (Å²) in [6.07, 6.45) is 3.17. The molecule has 0 aliphatic carbocycles. The van der Waals surface area contributed by atoms with Gasteiger partial charge in [0.1, 0.15) is 19.3 Å². The van der Waals surface area contributed by atoms with Crippen molar-refractivity contribution in [2.75, 3.05) is 20.3 Å². The topological polar surface area (TPSA) is 90.3 Å². The molecule has 1 aromatic heterocycles. The lowest BCUT2D eigenvalue weighted by molar-refractivity contribution is 0.235. The van der Waals surface area contributed by atoms with Crippen LogP contribution in [0.2, 0.25) is 0 Å². The fraction of sp³-hybridized carbons (Fsp3) is 0.250. The molecule has 0 saturated carbocycles. The first-order chi connectivity index (χ1) is 13.8. The van der Waals surface area contributed by atoms with Gasteiger partial charge >= 0.3 is 6.03 Å². The van der Waals surface area contributed by atoms with Crippen LogP contribution < -0.4 is 20.1 Å². The van der Waals surface area contributed by atoms with Crippen LogP contribution >= 0.6 is 0 Å². The molecule has 0 aliphatic heterocycles. The maximum Gasteiger partial charge on any atom is 0.315 e. The minimum absolute atomic E-state index is 0.251. The second kappa shape index (κ2) is 9.96. The van der Waals surface area contributed by atoms with E-state index >= 15 is 0 Å². The number of hydrogen-bond acceptors (Lipinski definition) is 5. The van der Waals surface area contributed by atoms with Crippen molar-refractivity contribution < 1.29 is 14.3 Å². The van der Waals surface area contributed by atoms with Gasteiger partial charge in [0, 0.05) is 6.54 Å². The summed E-state index contributed by atoms with van der Waals surface area (Å²) in [6.45, 7) is 1.75. The van der Waals surface area contributed by atoms with Crippen LogP contribution in [0.5, 0.6) is 11.5 Å². The number of aromatic nitrogens is 3. The highest BCUT2D eigenvalue weighted by molar-refractivity contribution is 5.73. The number of nitrogens with zero attached hydrogens (tertiary/aromatic N) is 3. The normalized spacial score (nSPS) is 10.3. The molecule has 8 heteroatoms. The van der Waals surface area contributed by atoms with Gasteiger partial charge in [0.15, 0.2) is 11.5 Å². The summed E-state index contributed by atoms with van der Waals surface area (Å²) in [4.78, 5) is 16.0. The van der Waals surface area contributed by atoms with Crippen molar-refractivity contribution in [2.45, 2.75) is 13.1 Å². The molecule has 0 aliphatic rings. The molecule has 0 saturated heterocycles. The lowest BCUT2D eigenvalue weighted by atomic mass is 10.1. The molecule has 3 rings (SSSR count). The van der Waals surface area contributed by atoms with E-state index in [4.69, 9.17) is 9.47 Å². The smallest absolute Gasteiger partial charge is 0.315 e. The van der Waals surface area contributed by atoms with Gasteiger partial charge in [-0.05, 0) is 23.3 Å². The van der Waals surface area contributed by atoms with Gasteiger partial charge in [0.05, 0.1) is 20.2 Å². The zero-order valence-corrected chi connectivity index (χ0v) is 15.7. The third kappa shape index (κ3) is 5.47. The molecule has 2 amide bonds. The van der Waals surface area contributed by atoms with Crippen LogP contribution in [0.4, 0.5) is 4.79 Å². The fourth-order valence-electron chi connectivity index (χ4n) is 2.67. The van der Waals surface area contributed by atoms with Crippen molar-refractivity contribution >= 4 is 6.03 Å². The fourth-order valence-corrected chi connectivity index (χ4v) is 2.67. The van der Waals surface area contributed by atoms with E-state index in [9.17, 15) is 4.79 Å². The van der Waals surface area contributed by atoms with Gasteiger partial charge in [-0.1, -0.05) is 36.4 Å². The van der Waals surface area contributed by atoms with E-state index in [-0.39, 0.29) is 6.03 Å². The number of benzene rings is 2. The predicted octanol–water partition coefficient (Wildman–Crippen LogP) is 2.21. The van der Waals surface area contributed by atoms with E-state index < -0.39 is 0 Å².